The number of benzene rings is 3. The monoisotopic (exact) mass is 824 g/mol. The number of nitrogens with one attached hydrogen (secondary N) is 4. The maximum atomic E-state index is 14.8. The number of likely N-dealkylation sites (tertiary alicyclic amines) is 1. The maximum absolute atomic E-state index is 14.8. The Kier molecular flexibility index (Phi) is 16.7. The van der Waals surface area contributed by atoms with E-state index in [1.807, 2.05) is 37.3 Å². The molecule has 1 heterocycles. The van der Waals surface area contributed by atoms with Gasteiger partial charge in [-0.05, 0) is 48.4 Å². The van der Waals surface area contributed by atoms with Crippen LogP contribution in [0.4, 0.5) is 0 Å². The molecule has 5 atom stereocenters. The summed E-state index contributed by atoms with van der Waals surface area (Å²) >= 11 is 0. The predicted octanol–water partition coefficient (Wildman–Crippen LogP) is 3.26. The molecule has 1 aliphatic carbocycles. The molecule has 60 heavy (non-hydrogen) atoms. The van der Waals surface area contributed by atoms with Crippen molar-refractivity contribution in [3.05, 3.63) is 102 Å². The summed E-state index contributed by atoms with van der Waals surface area (Å²) in [7, 11) is 1.46. The molecule has 0 spiro atoms. The van der Waals surface area contributed by atoms with Crippen LogP contribution in [0.3, 0.4) is 0 Å². The summed E-state index contributed by atoms with van der Waals surface area (Å²) < 4.78 is 11.7. The zero-order valence-corrected chi connectivity index (χ0v) is 34.2. The molecule has 2 fully saturated rings. The van der Waals surface area contributed by atoms with Crippen LogP contribution in [-0.4, -0.2) is 90.6 Å². The SMILES string of the molecule is CCCCC(NC(=O)[C@@H]1C[C@@H](OCc2ccccc2)CN1C(=O)C(NC(=O)c1ccccc1OC)C1CCCCC1)C(=O)C(=O)NCC(=O)NC(C(N)=O)c1ccccc1. The number of carbonyl (C=O) groups is 7. The summed E-state index contributed by atoms with van der Waals surface area (Å²) in [6.07, 6.45) is 4.98. The van der Waals surface area contributed by atoms with Crippen LogP contribution < -0.4 is 31.7 Å². The highest BCUT2D eigenvalue weighted by Gasteiger charge is 2.45. The number of rotatable bonds is 20. The quantitative estimate of drug-likeness (QED) is 0.106. The van der Waals surface area contributed by atoms with Gasteiger partial charge in [0, 0.05) is 13.0 Å². The van der Waals surface area contributed by atoms with Gasteiger partial charge >= 0.3 is 0 Å². The highest BCUT2D eigenvalue weighted by atomic mass is 16.5. The normalized spacial score (nSPS) is 18.0. The Labute approximate surface area is 350 Å². The number of Topliss-reactive ketones (excluding diaryl/α,β-unsaturated/α-hetero) is 1. The van der Waals surface area contributed by atoms with Crippen molar-refractivity contribution in [3.63, 3.8) is 0 Å². The van der Waals surface area contributed by atoms with Crippen LogP contribution in [0.15, 0.2) is 84.9 Å². The fraction of sp³-hybridized carbons (Fsp3) is 0.444. The second-order valence-electron chi connectivity index (χ2n) is 15.3. The van der Waals surface area contributed by atoms with E-state index >= 15 is 0 Å². The molecule has 15 nitrogen and oxygen atoms in total. The summed E-state index contributed by atoms with van der Waals surface area (Å²) in [6.45, 7) is 1.54. The number of amides is 6. The molecule has 3 aromatic rings. The van der Waals surface area contributed by atoms with E-state index in [1.54, 1.807) is 54.6 Å². The summed E-state index contributed by atoms with van der Waals surface area (Å²) in [5, 5.41) is 10.5. The van der Waals surface area contributed by atoms with Crippen molar-refractivity contribution < 1.29 is 43.0 Å². The molecule has 0 bridgehead atoms. The van der Waals surface area contributed by atoms with Crippen LogP contribution in [-0.2, 0) is 40.1 Å². The lowest BCUT2D eigenvalue weighted by molar-refractivity contribution is -0.143. The molecule has 3 aromatic carbocycles. The number of unbranched alkanes of at least 4 members (excludes halogenated alkanes) is 1. The van der Waals surface area contributed by atoms with Crippen LogP contribution in [0.5, 0.6) is 5.75 Å². The number of carbonyl (C=O) groups excluding carboxylic acids is 7. The van der Waals surface area contributed by atoms with Gasteiger partial charge in [-0.25, -0.2) is 0 Å². The molecule has 3 unspecified atom stereocenters. The smallest absolute Gasteiger partial charge is 0.290 e. The van der Waals surface area contributed by atoms with E-state index in [4.69, 9.17) is 15.2 Å². The van der Waals surface area contributed by atoms with Gasteiger partial charge in [-0.3, -0.25) is 33.6 Å². The van der Waals surface area contributed by atoms with E-state index in [0.717, 1.165) is 24.8 Å². The molecule has 2 aliphatic rings. The number of nitrogens with two attached hydrogens (primary N) is 1. The second-order valence-corrected chi connectivity index (χ2v) is 15.3. The van der Waals surface area contributed by atoms with Crippen molar-refractivity contribution in [3.8, 4) is 5.75 Å². The van der Waals surface area contributed by atoms with Gasteiger partial charge in [0.1, 0.15) is 23.9 Å². The molecule has 0 aromatic heterocycles. The third kappa shape index (κ3) is 12.2. The molecule has 320 valence electrons. The molecular formula is C45H56N6O9. The van der Waals surface area contributed by atoms with E-state index in [2.05, 4.69) is 21.3 Å². The van der Waals surface area contributed by atoms with Crippen LogP contribution in [0.1, 0.15) is 92.2 Å². The van der Waals surface area contributed by atoms with Crippen molar-refractivity contribution in [2.75, 3.05) is 20.2 Å². The standard InChI is InChI=1S/C45H56N6O9/c1-3-4-23-34(40(53)44(57)47-26-37(52)49-38(41(46)54)30-18-10-6-11-19-30)48-43(56)35-25-32(60-28-29-16-8-5-9-17-29)27-51(35)45(58)39(31-20-12-7-13-21-31)50-42(55)33-22-14-15-24-36(33)59-2/h5-6,8-11,14-19,22,24,31-32,34-35,38-39H,3-4,7,12-13,20-21,23,25-28H2,1-2H3,(H2,46,54)(H,47,57)(H,48,56)(H,49,52)(H,50,55)/t32-,34?,35+,38?,39?/m1/s1. The Balaban J connectivity index is 1.33. The summed E-state index contributed by atoms with van der Waals surface area (Å²) in [5.74, 6) is -5.07. The third-order valence-corrected chi connectivity index (χ3v) is 11.0. The van der Waals surface area contributed by atoms with Gasteiger partial charge in [-0.1, -0.05) is 112 Å². The minimum Gasteiger partial charge on any atom is -0.496 e. The zero-order chi connectivity index (χ0) is 43.0. The number of primary amides is 1. The van der Waals surface area contributed by atoms with Crippen molar-refractivity contribution >= 4 is 41.2 Å². The topological polar surface area (TPSA) is 215 Å². The van der Waals surface area contributed by atoms with Gasteiger partial charge in [-0.2, -0.15) is 0 Å². The Morgan fingerprint density at radius 1 is 0.833 bits per heavy atom. The lowest BCUT2D eigenvalue weighted by atomic mass is 9.83. The van der Waals surface area contributed by atoms with Gasteiger partial charge < -0.3 is 41.4 Å². The van der Waals surface area contributed by atoms with Crippen molar-refractivity contribution in [1.82, 2.24) is 26.2 Å². The Bertz CT molecular complexity index is 1960. The van der Waals surface area contributed by atoms with Crippen molar-refractivity contribution in [1.29, 1.82) is 0 Å². The lowest BCUT2D eigenvalue weighted by Crippen LogP contribution is -2.58. The minimum atomic E-state index is -1.27. The van der Waals surface area contributed by atoms with Crippen LogP contribution >= 0.6 is 0 Å². The van der Waals surface area contributed by atoms with Gasteiger partial charge in [0.15, 0.2) is 0 Å². The van der Waals surface area contributed by atoms with E-state index in [0.29, 0.717) is 37.0 Å². The fourth-order valence-corrected chi connectivity index (χ4v) is 7.80. The third-order valence-electron chi connectivity index (χ3n) is 11.0. The zero-order valence-electron chi connectivity index (χ0n) is 34.2. The van der Waals surface area contributed by atoms with Gasteiger partial charge in [-0.15, -0.1) is 0 Å². The van der Waals surface area contributed by atoms with Gasteiger partial charge in [0.2, 0.25) is 29.4 Å². The van der Waals surface area contributed by atoms with E-state index in [-0.39, 0.29) is 37.5 Å². The number of ether oxygens (including phenoxy) is 2. The average molecular weight is 825 g/mol. The predicted molar refractivity (Wildman–Crippen MR) is 222 cm³/mol. The van der Waals surface area contributed by atoms with Crippen molar-refractivity contribution in [2.24, 2.45) is 11.7 Å². The van der Waals surface area contributed by atoms with Crippen LogP contribution in [0, 0.1) is 5.92 Å². The summed E-state index contributed by atoms with van der Waals surface area (Å²) in [5.41, 5.74) is 7.12. The number of nitrogens with zero attached hydrogens (tertiary/aromatic N) is 1. The Morgan fingerprint density at radius 3 is 2.17 bits per heavy atom. The number of ketones is 1. The highest BCUT2D eigenvalue weighted by molar-refractivity contribution is 6.38. The molecule has 6 amide bonds. The fourth-order valence-electron chi connectivity index (χ4n) is 7.80. The number of hydrogen-bond acceptors (Lipinski definition) is 9. The maximum Gasteiger partial charge on any atom is 0.290 e. The Hall–Kier alpha value is -6.09. The van der Waals surface area contributed by atoms with E-state index in [9.17, 15) is 33.6 Å². The first-order valence-corrected chi connectivity index (χ1v) is 20.7. The summed E-state index contributed by atoms with van der Waals surface area (Å²) in [4.78, 5) is 96.0. The average Bonchev–Trinajstić information content (AvgIpc) is 3.72. The van der Waals surface area contributed by atoms with E-state index < -0.39 is 78.0 Å². The molecule has 1 saturated carbocycles. The Morgan fingerprint density at radius 2 is 1.50 bits per heavy atom. The first-order valence-electron chi connectivity index (χ1n) is 20.7. The van der Waals surface area contributed by atoms with E-state index in [1.165, 1.54) is 12.0 Å². The molecule has 1 saturated heterocycles. The molecule has 5 rings (SSSR count). The van der Waals surface area contributed by atoms with Gasteiger partial charge in [0.05, 0.1) is 38.0 Å². The molecule has 6 N–H and O–H groups in total. The van der Waals surface area contributed by atoms with Crippen LogP contribution in [0.25, 0.3) is 0 Å². The number of methoxy groups -OCH3 is 1. The van der Waals surface area contributed by atoms with Crippen molar-refractivity contribution in [2.45, 2.75) is 102 Å². The largest absolute Gasteiger partial charge is 0.496 e. The molecule has 1 aliphatic heterocycles. The lowest BCUT2D eigenvalue weighted by Gasteiger charge is -2.35. The first-order chi connectivity index (χ1) is 29.0. The first kappa shape index (κ1) is 45.0. The molecular weight excluding hydrogens is 769 g/mol. The minimum absolute atomic E-state index is 0.0515. The van der Waals surface area contributed by atoms with Crippen LogP contribution in [0.2, 0.25) is 0 Å². The second kappa shape index (κ2) is 22.3. The summed E-state index contributed by atoms with van der Waals surface area (Å²) in [6, 6.07) is 20.1. The molecule has 0 radical (unpaired) electrons. The number of para-hydroxylation sites is 1. The number of hydrogen-bond donors (Lipinski definition) is 5. The molecule has 15 heteroatoms. The highest BCUT2D eigenvalue weighted by Crippen LogP contribution is 2.31. The van der Waals surface area contributed by atoms with Gasteiger partial charge in [0.25, 0.3) is 11.8 Å².